The monoisotopic (exact) mass is 269 g/mol. The predicted molar refractivity (Wildman–Crippen MR) is 74.4 cm³/mol. The molecule has 0 saturated heterocycles. The average Bonchev–Trinajstić information content (AvgIpc) is 2.92. The quantitative estimate of drug-likeness (QED) is 0.853. The maximum Gasteiger partial charge on any atom is 0.230 e. The Labute approximate surface area is 116 Å². The van der Waals surface area contributed by atoms with Gasteiger partial charge in [0.1, 0.15) is 5.76 Å². The maximum atomic E-state index is 11.9. The van der Waals surface area contributed by atoms with Crippen molar-refractivity contribution in [3.8, 4) is 11.3 Å². The lowest BCUT2D eigenvalue weighted by molar-refractivity contribution is -0.126. The van der Waals surface area contributed by atoms with Crippen molar-refractivity contribution in [2.75, 3.05) is 0 Å². The third kappa shape index (κ3) is 1.84. The number of nitrogens with one attached hydrogen (secondary N) is 1. The number of carbonyl (C=O) groups is 2. The summed E-state index contributed by atoms with van der Waals surface area (Å²) in [6.07, 6.45) is 0.686. The first-order valence-electron chi connectivity index (χ1n) is 6.49. The molecular weight excluding hydrogens is 254 g/mol. The molecule has 3 rings (SSSR count). The van der Waals surface area contributed by atoms with E-state index in [-0.39, 0.29) is 5.91 Å². The SMILES string of the molecule is CC1(C)C(=O)NCc2cc(-c3ccc(C=O)o3)ccc21. The molecule has 20 heavy (non-hydrogen) atoms. The van der Waals surface area contributed by atoms with Crippen LogP contribution in [0.3, 0.4) is 0 Å². The first-order valence-corrected chi connectivity index (χ1v) is 6.49. The molecule has 0 aliphatic carbocycles. The highest BCUT2D eigenvalue weighted by molar-refractivity contribution is 5.89. The molecule has 1 aliphatic heterocycles. The molecule has 0 fully saturated rings. The first-order chi connectivity index (χ1) is 9.52. The second-order valence-electron chi connectivity index (χ2n) is 5.50. The van der Waals surface area contributed by atoms with Crippen LogP contribution in [-0.4, -0.2) is 12.2 Å². The van der Waals surface area contributed by atoms with Crippen LogP contribution in [0.2, 0.25) is 0 Å². The Kier molecular flexibility index (Phi) is 2.74. The molecule has 0 saturated carbocycles. The lowest BCUT2D eigenvalue weighted by atomic mass is 9.78. The van der Waals surface area contributed by atoms with Crippen LogP contribution in [-0.2, 0) is 16.8 Å². The molecule has 2 heterocycles. The summed E-state index contributed by atoms with van der Waals surface area (Å²) in [6.45, 7) is 4.35. The molecule has 1 aromatic heterocycles. The molecule has 1 amide bonds. The average molecular weight is 269 g/mol. The topological polar surface area (TPSA) is 59.3 Å². The summed E-state index contributed by atoms with van der Waals surface area (Å²) in [6, 6.07) is 9.31. The molecule has 4 nitrogen and oxygen atoms in total. The molecule has 0 radical (unpaired) electrons. The lowest BCUT2D eigenvalue weighted by Gasteiger charge is -2.31. The van der Waals surface area contributed by atoms with Gasteiger partial charge in [0.25, 0.3) is 0 Å². The number of amides is 1. The van der Waals surface area contributed by atoms with Gasteiger partial charge in [0.15, 0.2) is 12.0 Å². The molecule has 1 aromatic carbocycles. The van der Waals surface area contributed by atoms with Crippen molar-refractivity contribution in [2.24, 2.45) is 0 Å². The number of aldehydes is 1. The van der Waals surface area contributed by atoms with Crippen LogP contribution >= 0.6 is 0 Å². The molecule has 0 spiro atoms. The number of benzene rings is 1. The normalized spacial score (nSPS) is 16.4. The zero-order valence-corrected chi connectivity index (χ0v) is 11.4. The van der Waals surface area contributed by atoms with E-state index in [1.165, 1.54) is 0 Å². The van der Waals surface area contributed by atoms with Crippen molar-refractivity contribution in [2.45, 2.75) is 25.8 Å². The largest absolute Gasteiger partial charge is 0.453 e. The molecule has 2 aromatic rings. The van der Waals surface area contributed by atoms with E-state index in [9.17, 15) is 9.59 Å². The molecular formula is C16H15NO3. The van der Waals surface area contributed by atoms with Crippen LogP contribution in [0, 0.1) is 0 Å². The number of rotatable bonds is 2. The summed E-state index contributed by atoms with van der Waals surface area (Å²) in [5, 5.41) is 2.90. The summed E-state index contributed by atoms with van der Waals surface area (Å²) in [5.74, 6) is 1.01. The minimum atomic E-state index is -0.525. The van der Waals surface area contributed by atoms with E-state index in [1.54, 1.807) is 12.1 Å². The molecule has 102 valence electrons. The summed E-state index contributed by atoms with van der Waals surface area (Å²) in [5.41, 5.74) is 2.50. The van der Waals surface area contributed by atoms with E-state index in [0.717, 1.165) is 16.7 Å². The van der Waals surface area contributed by atoms with Crippen molar-refractivity contribution in [3.05, 3.63) is 47.2 Å². The van der Waals surface area contributed by atoms with Crippen LogP contribution in [0.5, 0.6) is 0 Å². The van der Waals surface area contributed by atoms with Gasteiger partial charge in [-0.1, -0.05) is 12.1 Å². The first kappa shape index (κ1) is 12.7. The van der Waals surface area contributed by atoms with E-state index in [0.29, 0.717) is 24.4 Å². The van der Waals surface area contributed by atoms with Gasteiger partial charge in [-0.25, -0.2) is 0 Å². The molecule has 4 heteroatoms. The number of fused-ring (bicyclic) bond motifs is 1. The van der Waals surface area contributed by atoms with Crippen molar-refractivity contribution in [1.82, 2.24) is 5.32 Å². The van der Waals surface area contributed by atoms with E-state index >= 15 is 0 Å². The zero-order chi connectivity index (χ0) is 14.3. The minimum absolute atomic E-state index is 0.0407. The summed E-state index contributed by atoms with van der Waals surface area (Å²) in [7, 11) is 0. The van der Waals surface area contributed by atoms with Crippen LogP contribution in [0.15, 0.2) is 34.7 Å². The number of hydrogen-bond acceptors (Lipinski definition) is 3. The van der Waals surface area contributed by atoms with Crippen molar-refractivity contribution >= 4 is 12.2 Å². The van der Waals surface area contributed by atoms with Gasteiger partial charge in [-0.15, -0.1) is 0 Å². The summed E-state index contributed by atoms with van der Waals surface area (Å²) < 4.78 is 5.43. The van der Waals surface area contributed by atoms with E-state index in [1.807, 2.05) is 32.0 Å². The molecule has 1 aliphatic rings. The van der Waals surface area contributed by atoms with Gasteiger partial charge in [-0.3, -0.25) is 9.59 Å². The number of furan rings is 1. The van der Waals surface area contributed by atoms with E-state index < -0.39 is 5.41 Å². The van der Waals surface area contributed by atoms with Crippen LogP contribution < -0.4 is 5.32 Å². The summed E-state index contributed by atoms with van der Waals surface area (Å²) in [4.78, 5) is 22.6. The van der Waals surface area contributed by atoms with E-state index in [2.05, 4.69) is 5.32 Å². The summed E-state index contributed by atoms with van der Waals surface area (Å²) >= 11 is 0. The highest BCUT2D eigenvalue weighted by Gasteiger charge is 2.35. The fourth-order valence-electron chi connectivity index (χ4n) is 2.59. The number of hydrogen-bond donors (Lipinski definition) is 1. The van der Waals surface area contributed by atoms with Crippen LogP contribution in [0.25, 0.3) is 11.3 Å². The van der Waals surface area contributed by atoms with Gasteiger partial charge in [0.05, 0.1) is 5.41 Å². The Morgan fingerprint density at radius 3 is 2.75 bits per heavy atom. The van der Waals surface area contributed by atoms with Gasteiger partial charge in [0.2, 0.25) is 5.91 Å². The molecule has 0 bridgehead atoms. The van der Waals surface area contributed by atoms with Crippen molar-refractivity contribution < 1.29 is 14.0 Å². The number of carbonyl (C=O) groups excluding carboxylic acids is 2. The molecule has 0 unspecified atom stereocenters. The van der Waals surface area contributed by atoms with Gasteiger partial charge in [-0.2, -0.15) is 0 Å². The molecule has 1 N–H and O–H groups in total. The Balaban J connectivity index is 2.06. The van der Waals surface area contributed by atoms with Crippen LogP contribution in [0.1, 0.15) is 35.5 Å². The van der Waals surface area contributed by atoms with E-state index in [4.69, 9.17) is 4.42 Å². The second-order valence-corrected chi connectivity index (χ2v) is 5.50. The Morgan fingerprint density at radius 1 is 1.25 bits per heavy atom. The van der Waals surface area contributed by atoms with Crippen molar-refractivity contribution in [1.29, 1.82) is 0 Å². The predicted octanol–water partition coefficient (Wildman–Crippen LogP) is 2.67. The fraction of sp³-hybridized carbons (Fsp3) is 0.250. The highest BCUT2D eigenvalue weighted by atomic mass is 16.3. The fourth-order valence-corrected chi connectivity index (χ4v) is 2.59. The van der Waals surface area contributed by atoms with Gasteiger partial charge < -0.3 is 9.73 Å². The van der Waals surface area contributed by atoms with Crippen LogP contribution in [0.4, 0.5) is 0 Å². The molecule has 0 atom stereocenters. The van der Waals surface area contributed by atoms with Crippen molar-refractivity contribution in [3.63, 3.8) is 0 Å². The highest BCUT2D eigenvalue weighted by Crippen LogP contribution is 2.33. The minimum Gasteiger partial charge on any atom is -0.453 e. The zero-order valence-electron chi connectivity index (χ0n) is 11.4. The Morgan fingerprint density at radius 2 is 2.05 bits per heavy atom. The maximum absolute atomic E-state index is 11.9. The Hall–Kier alpha value is -2.36. The smallest absolute Gasteiger partial charge is 0.230 e. The third-order valence-corrected chi connectivity index (χ3v) is 3.81. The Bertz CT molecular complexity index is 697. The third-order valence-electron chi connectivity index (χ3n) is 3.81. The van der Waals surface area contributed by atoms with Gasteiger partial charge in [0, 0.05) is 12.1 Å². The standard InChI is InChI=1S/C16H15NO3/c1-16(2)13-5-3-10(7-11(13)8-17-15(16)19)14-6-4-12(9-18)20-14/h3-7,9H,8H2,1-2H3,(H,17,19). The van der Waals surface area contributed by atoms with Gasteiger partial charge >= 0.3 is 0 Å². The lowest BCUT2D eigenvalue weighted by Crippen LogP contribution is -2.44. The second kappa shape index (κ2) is 4.34. The van der Waals surface area contributed by atoms with Gasteiger partial charge in [-0.05, 0) is 43.2 Å².